The summed E-state index contributed by atoms with van der Waals surface area (Å²) in [5.41, 5.74) is 0.0449. The molecule has 2 heterocycles. The fourth-order valence-electron chi connectivity index (χ4n) is 1.40. The van der Waals surface area contributed by atoms with Gasteiger partial charge in [-0.3, -0.25) is 14.4 Å². The number of pyridine rings is 1. The maximum atomic E-state index is 11.2. The smallest absolute Gasteiger partial charge is 0.322 e. The van der Waals surface area contributed by atoms with Crippen molar-refractivity contribution in [1.82, 2.24) is 4.98 Å². The Morgan fingerprint density at radius 3 is 2.71 bits per heavy atom. The number of aliphatic carboxylic acids is 1. The summed E-state index contributed by atoms with van der Waals surface area (Å²) in [6, 6.07) is 2.61. The van der Waals surface area contributed by atoms with Crippen molar-refractivity contribution in [2.75, 3.05) is 5.32 Å². The number of anilines is 1. The fraction of sp³-hybridized carbons (Fsp3) is 0.125. The predicted octanol–water partition coefficient (Wildman–Crippen LogP) is -0.505. The van der Waals surface area contributed by atoms with Crippen LogP contribution in [0.15, 0.2) is 16.9 Å². The Morgan fingerprint density at radius 2 is 2.07 bits per heavy atom. The molecule has 1 aromatic heterocycles. The van der Waals surface area contributed by atoms with Crippen LogP contribution in [0, 0.1) is 0 Å². The largest absolute Gasteiger partial charge is 0.480 e. The van der Waals surface area contributed by atoms with Gasteiger partial charge in [0.2, 0.25) is 11.5 Å². The second kappa shape index (κ2) is 2.69. The Balaban J connectivity index is 2.61. The molecule has 1 amide bonds. The van der Waals surface area contributed by atoms with Gasteiger partial charge in [-0.15, -0.1) is 0 Å². The van der Waals surface area contributed by atoms with Crippen LogP contribution in [-0.4, -0.2) is 22.0 Å². The summed E-state index contributed by atoms with van der Waals surface area (Å²) in [6.45, 7) is 0. The van der Waals surface area contributed by atoms with Gasteiger partial charge in [-0.05, 0) is 6.07 Å². The van der Waals surface area contributed by atoms with Gasteiger partial charge < -0.3 is 15.4 Å². The maximum absolute atomic E-state index is 11.2. The van der Waals surface area contributed by atoms with Gasteiger partial charge in [0.1, 0.15) is 0 Å². The van der Waals surface area contributed by atoms with E-state index in [1.165, 1.54) is 12.1 Å². The summed E-state index contributed by atoms with van der Waals surface area (Å²) in [7, 11) is 0. The van der Waals surface area contributed by atoms with Crippen LogP contribution in [-0.2, 0) is 9.59 Å². The predicted molar refractivity (Wildman–Crippen MR) is 46.1 cm³/mol. The van der Waals surface area contributed by atoms with E-state index in [0.29, 0.717) is 5.69 Å². The van der Waals surface area contributed by atoms with Crippen molar-refractivity contribution in [3.05, 3.63) is 28.2 Å². The van der Waals surface area contributed by atoms with Gasteiger partial charge in [0.15, 0.2) is 5.92 Å². The minimum atomic E-state index is -1.31. The monoisotopic (exact) mass is 194 g/mol. The molecule has 0 aromatic carbocycles. The number of amides is 1. The number of carbonyl (C=O) groups is 2. The number of nitrogens with one attached hydrogen (secondary N) is 2. The van der Waals surface area contributed by atoms with E-state index in [4.69, 9.17) is 5.11 Å². The number of carboxylic acids is 1. The Bertz CT molecular complexity index is 476. The van der Waals surface area contributed by atoms with Gasteiger partial charge in [0.25, 0.3) is 0 Å². The van der Waals surface area contributed by atoms with E-state index in [0.717, 1.165) is 0 Å². The Labute approximate surface area is 77.6 Å². The quantitative estimate of drug-likeness (QED) is 0.524. The third-order valence-electron chi connectivity index (χ3n) is 2.01. The van der Waals surface area contributed by atoms with E-state index < -0.39 is 23.4 Å². The maximum Gasteiger partial charge on any atom is 0.322 e. The number of carbonyl (C=O) groups excluding carboxylic acids is 1. The molecule has 0 spiro atoms. The highest BCUT2D eigenvalue weighted by Crippen LogP contribution is 2.29. The molecule has 0 fully saturated rings. The molecule has 72 valence electrons. The van der Waals surface area contributed by atoms with Crippen molar-refractivity contribution in [3.8, 4) is 0 Å². The summed E-state index contributed by atoms with van der Waals surface area (Å²) in [5, 5.41) is 11.1. The van der Waals surface area contributed by atoms with Crippen molar-refractivity contribution in [3.63, 3.8) is 0 Å². The summed E-state index contributed by atoms with van der Waals surface area (Å²) in [5.74, 6) is -3.21. The van der Waals surface area contributed by atoms with Crippen LogP contribution in [0.1, 0.15) is 11.6 Å². The van der Waals surface area contributed by atoms with Crippen molar-refractivity contribution >= 4 is 17.6 Å². The number of rotatable bonds is 1. The normalized spacial score (nSPS) is 18.9. The van der Waals surface area contributed by atoms with Crippen LogP contribution in [0.3, 0.4) is 0 Å². The van der Waals surface area contributed by atoms with Crippen LogP contribution in [0.2, 0.25) is 0 Å². The van der Waals surface area contributed by atoms with Crippen LogP contribution >= 0.6 is 0 Å². The SMILES string of the molecule is O=C(O)[C@H]1C(=O)Nc2ccc(=O)[nH]c21. The molecule has 3 N–H and O–H groups in total. The lowest BCUT2D eigenvalue weighted by molar-refractivity contribution is -0.141. The molecule has 0 radical (unpaired) electrons. The summed E-state index contributed by atoms with van der Waals surface area (Å²) < 4.78 is 0. The third kappa shape index (κ3) is 1.08. The molecule has 1 aliphatic rings. The van der Waals surface area contributed by atoms with E-state index >= 15 is 0 Å². The number of H-pyrrole nitrogens is 1. The van der Waals surface area contributed by atoms with Crippen LogP contribution in [0.25, 0.3) is 0 Å². The number of aromatic amines is 1. The van der Waals surface area contributed by atoms with Crippen molar-refractivity contribution < 1.29 is 14.7 Å². The van der Waals surface area contributed by atoms with E-state index in [1.54, 1.807) is 0 Å². The molecular formula is C8H6N2O4. The first-order valence-corrected chi connectivity index (χ1v) is 3.86. The number of carboxylic acid groups (broad SMARTS) is 1. The molecule has 0 saturated heterocycles. The first-order chi connectivity index (χ1) is 6.59. The van der Waals surface area contributed by atoms with Crippen molar-refractivity contribution in [2.45, 2.75) is 5.92 Å². The first-order valence-electron chi connectivity index (χ1n) is 3.86. The van der Waals surface area contributed by atoms with Gasteiger partial charge in [0, 0.05) is 6.07 Å². The molecule has 6 nitrogen and oxygen atoms in total. The number of aromatic nitrogens is 1. The number of hydrogen-bond donors (Lipinski definition) is 3. The molecule has 1 aromatic rings. The first kappa shape index (κ1) is 8.49. The third-order valence-corrected chi connectivity index (χ3v) is 2.01. The number of hydrogen-bond acceptors (Lipinski definition) is 3. The van der Waals surface area contributed by atoms with Gasteiger partial charge in [-0.25, -0.2) is 0 Å². The Morgan fingerprint density at radius 1 is 1.36 bits per heavy atom. The van der Waals surface area contributed by atoms with E-state index in [2.05, 4.69) is 10.3 Å². The van der Waals surface area contributed by atoms with E-state index in [1.807, 2.05) is 0 Å². The second-order valence-electron chi connectivity index (χ2n) is 2.91. The summed E-state index contributed by atoms with van der Waals surface area (Å²) >= 11 is 0. The van der Waals surface area contributed by atoms with Gasteiger partial charge >= 0.3 is 5.97 Å². The molecule has 0 bridgehead atoms. The topological polar surface area (TPSA) is 99.3 Å². The molecule has 6 heteroatoms. The van der Waals surface area contributed by atoms with Gasteiger partial charge in [0.05, 0.1) is 11.4 Å². The zero-order valence-corrected chi connectivity index (χ0v) is 6.90. The lowest BCUT2D eigenvalue weighted by atomic mass is 10.1. The molecule has 2 rings (SSSR count). The molecule has 0 aliphatic carbocycles. The average Bonchev–Trinajstić information content (AvgIpc) is 2.40. The Hall–Kier alpha value is -2.11. The standard InChI is InChI=1S/C8H6N2O4/c11-4-2-1-3-6(10-4)5(8(13)14)7(12)9-3/h1-2,5H,(H,9,12)(H,10,11)(H,13,14)/t5-/m1/s1. The highest BCUT2D eigenvalue weighted by molar-refractivity contribution is 6.13. The van der Waals surface area contributed by atoms with Crippen molar-refractivity contribution in [2.24, 2.45) is 0 Å². The molecular weight excluding hydrogens is 188 g/mol. The zero-order valence-electron chi connectivity index (χ0n) is 6.90. The van der Waals surface area contributed by atoms with Gasteiger partial charge in [-0.2, -0.15) is 0 Å². The molecule has 0 unspecified atom stereocenters. The highest BCUT2D eigenvalue weighted by Gasteiger charge is 2.37. The minimum absolute atomic E-state index is 0.120. The van der Waals surface area contributed by atoms with Crippen LogP contribution in [0.5, 0.6) is 0 Å². The molecule has 1 atom stereocenters. The molecule has 14 heavy (non-hydrogen) atoms. The van der Waals surface area contributed by atoms with E-state index in [-0.39, 0.29) is 5.69 Å². The fourth-order valence-corrected chi connectivity index (χ4v) is 1.40. The summed E-state index contributed by atoms with van der Waals surface area (Å²) in [4.78, 5) is 35.1. The zero-order chi connectivity index (χ0) is 10.3. The Kier molecular flexibility index (Phi) is 1.63. The highest BCUT2D eigenvalue weighted by atomic mass is 16.4. The number of fused-ring (bicyclic) bond motifs is 1. The average molecular weight is 194 g/mol. The van der Waals surface area contributed by atoms with Gasteiger partial charge in [-0.1, -0.05) is 0 Å². The lowest BCUT2D eigenvalue weighted by Gasteiger charge is -2.00. The summed E-state index contributed by atoms with van der Waals surface area (Å²) in [6.07, 6.45) is 0. The lowest BCUT2D eigenvalue weighted by Crippen LogP contribution is -2.21. The minimum Gasteiger partial charge on any atom is -0.480 e. The molecule has 0 saturated carbocycles. The van der Waals surface area contributed by atoms with Crippen LogP contribution < -0.4 is 10.9 Å². The second-order valence-corrected chi connectivity index (χ2v) is 2.91. The van der Waals surface area contributed by atoms with E-state index in [9.17, 15) is 14.4 Å². The molecule has 1 aliphatic heterocycles. The van der Waals surface area contributed by atoms with Crippen LogP contribution in [0.4, 0.5) is 5.69 Å². The van der Waals surface area contributed by atoms with Crippen molar-refractivity contribution in [1.29, 1.82) is 0 Å².